The van der Waals surface area contributed by atoms with E-state index in [2.05, 4.69) is 31.1 Å². The number of hydrogen-bond donors (Lipinski definition) is 1. The highest BCUT2D eigenvalue weighted by Gasteiger charge is 2.35. The largest absolute Gasteiger partial charge is 0.462 e. The Morgan fingerprint density at radius 3 is 2.67 bits per heavy atom. The predicted molar refractivity (Wildman–Crippen MR) is 128 cm³/mol. The first-order valence-electron chi connectivity index (χ1n) is 11.0. The van der Waals surface area contributed by atoms with E-state index in [9.17, 15) is 14.4 Å². The quantitative estimate of drug-likeness (QED) is 0.434. The molecule has 7 nitrogen and oxygen atoms in total. The van der Waals surface area contributed by atoms with Crippen LogP contribution < -0.4 is 5.32 Å². The van der Waals surface area contributed by atoms with Crippen LogP contribution in [0.15, 0.2) is 18.3 Å². The van der Waals surface area contributed by atoms with Gasteiger partial charge in [-0.3, -0.25) is 4.79 Å². The summed E-state index contributed by atoms with van der Waals surface area (Å²) in [6, 6.07) is 3.03. The molecule has 178 valence electrons. The van der Waals surface area contributed by atoms with Gasteiger partial charge < -0.3 is 14.8 Å². The molecule has 3 rings (SSSR count). The lowest BCUT2D eigenvalue weighted by atomic mass is 9.72. The minimum absolute atomic E-state index is 0.000889. The summed E-state index contributed by atoms with van der Waals surface area (Å²) >= 11 is 7.33. The van der Waals surface area contributed by atoms with Crippen molar-refractivity contribution < 1.29 is 23.9 Å². The third-order valence-electron chi connectivity index (χ3n) is 5.84. The standard InChI is InChI=1S/C24H29ClN2O5S/c1-6-31-23(30)18-15-10-9-14(24(3,4)5)12-17(15)33-21(18)27-20(28)13(2)32-22(29)16-8-7-11-26-19(16)25/h7-8,11,13-14H,6,9-10,12H2,1-5H3,(H,27,28). The minimum Gasteiger partial charge on any atom is -0.462 e. The molecule has 1 N–H and O–H groups in total. The van der Waals surface area contributed by atoms with E-state index >= 15 is 0 Å². The van der Waals surface area contributed by atoms with Gasteiger partial charge in [-0.1, -0.05) is 32.4 Å². The number of hydrogen-bond acceptors (Lipinski definition) is 7. The highest BCUT2D eigenvalue weighted by Crippen LogP contribution is 2.44. The van der Waals surface area contributed by atoms with Crippen molar-refractivity contribution in [3.8, 4) is 0 Å². The van der Waals surface area contributed by atoms with E-state index in [1.807, 2.05) is 0 Å². The zero-order valence-corrected chi connectivity index (χ0v) is 21.1. The van der Waals surface area contributed by atoms with Crippen molar-refractivity contribution in [1.29, 1.82) is 0 Å². The number of thiophene rings is 1. The van der Waals surface area contributed by atoms with Gasteiger partial charge in [0.15, 0.2) is 6.10 Å². The second kappa shape index (κ2) is 10.2. The Hall–Kier alpha value is -2.45. The molecule has 9 heteroatoms. The number of anilines is 1. The average molecular weight is 493 g/mol. The summed E-state index contributed by atoms with van der Waals surface area (Å²) in [5.74, 6) is -1.27. The lowest BCUT2D eigenvalue weighted by Gasteiger charge is -2.33. The van der Waals surface area contributed by atoms with Crippen LogP contribution in [-0.4, -0.2) is 35.5 Å². The van der Waals surface area contributed by atoms with Gasteiger partial charge in [0.25, 0.3) is 5.91 Å². The van der Waals surface area contributed by atoms with Crippen LogP contribution in [0.4, 0.5) is 5.00 Å². The van der Waals surface area contributed by atoms with E-state index in [1.165, 1.54) is 30.5 Å². The van der Waals surface area contributed by atoms with Crippen molar-refractivity contribution in [2.45, 2.75) is 60.0 Å². The number of pyridine rings is 1. The number of carbonyl (C=O) groups is 3. The second-order valence-electron chi connectivity index (χ2n) is 9.11. The third-order valence-corrected chi connectivity index (χ3v) is 7.31. The van der Waals surface area contributed by atoms with Gasteiger partial charge in [-0.25, -0.2) is 14.6 Å². The number of esters is 2. The number of nitrogens with one attached hydrogen (secondary N) is 1. The number of nitrogens with zero attached hydrogens (tertiary/aromatic N) is 1. The van der Waals surface area contributed by atoms with Gasteiger partial charge >= 0.3 is 11.9 Å². The van der Waals surface area contributed by atoms with E-state index < -0.39 is 23.9 Å². The van der Waals surface area contributed by atoms with Crippen molar-refractivity contribution in [3.05, 3.63) is 45.1 Å². The number of halogens is 1. The van der Waals surface area contributed by atoms with Crippen LogP contribution in [-0.2, 0) is 27.1 Å². The van der Waals surface area contributed by atoms with Gasteiger partial charge in [-0.2, -0.15) is 0 Å². The molecule has 1 aliphatic rings. The fourth-order valence-corrected chi connectivity index (χ4v) is 5.38. The van der Waals surface area contributed by atoms with Crippen molar-refractivity contribution >= 4 is 45.8 Å². The topological polar surface area (TPSA) is 94.6 Å². The molecule has 0 fully saturated rings. The minimum atomic E-state index is -1.11. The van der Waals surface area contributed by atoms with Crippen molar-refractivity contribution in [3.63, 3.8) is 0 Å². The molecular formula is C24H29ClN2O5S. The molecule has 33 heavy (non-hydrogen) atoms. The van der Waals surface area contributed by atoms with Gasteiger partial charge in [-0.15, -0.1) is 11.3 Å². The summed E-state index contributed by atoms with van der Waals surface area (Å²) in [6.07, 6.45) is 2.91. The number of fused-ring (bicyclic) bond motifs is 1. The fourth-order valence-electron chi connectivity index (χ4n) is 3.86. The van der Waals surface area contributed by atoms with E-state index in [0.717, 1.165) is 29.7 Å². The fraction of sp³-hybridized carbons (Fsp3) is 0.500. The Balaban J connectivity index is 1.81. The number of carbonyl (C=O) groups excluding carboxylic acids is 3. The van der Waals surface area contributed by atoms with E-state index in [-0.39, 0.29) is 22.7 Å². The lowest BCUT2D eigenvalue weighted by Crippen LogP contribution is -2.30. The molecule has 2 atom stereocenters. The molecule has 1 aliphatic carbocycles. The Morgan fingerprint density at radius 2 is 2.03 bits per heavy atom. The maximum atomic E-state index is 12.9. The summed E-state index contributed by atoms with van der Waals surface area (Å²) in [5, 5.41) is 3.21. The second-order valence-corrected chi connectivity index (χ2v) is 10.6. The zero-order valence-electron chi connectivity index (χ0n) is 19.5. The molecule has 2 aromatic heterocycles. The van der Waals surface area contributed by atoms with Gasteiger partial charge in [0.05, 0.1) is 17.7 Å². The molecule has 0 saturated heterocycles. The van der Waals surface area contributed by atoms with Crippen molar-refractivity contribution in [1.82, 2.24) is 4.98 Å². The molecule has 0 radical (unpaired) electrons. The van der Waals surface area contributed by atoms with Gasteiger partial charge in [0.2, 0.25) is 0 Å². The number of rotatable bonds is 6. The summed E-state index contributed by atoms with van der Waals surface area (Å²) in [6.45, 7) is 10.1. The number of ether oxygens (including phenoxy) is 2. The number of aromatic nitrogens is 1. The monoisotopic (exact) mass is 492 g/mol. The summed E-state index contributed by atoms with van der Waals surface area (Å²) in [7, 11) is 0. The first-order chi connectivity index (χ1) is 15.5. The van der Waals surface area contributed by atoms with Crippen LogP contribution >= 0.6 is 22.9 Å². The predicted octanol–water partition coefficient (Wildman–Crippen LogP) is 5.31. The molecule has 1 amide bonds. The normalized spacial score (nSPS) is 16.5. The highest BCUT2D eigenvalue weighted by molar-refractivity contribution is 7.17. The van der Waals surface area contributed by atoms with Gasteiger partial charge in [-0.05, 0) is 62.1 Å². The first-order valence-corrected chi connectivity index (χ1v) is 12.2. The Bertz CT molecular complexity index is 1060. The van der Waals surface area contributed by atoms with Crippen LogP contribution in [0.3, 0.4) is 0 Å². The third kappa shape index (κ3) is 5.73. The maximum Gasteiger partial charge on any atom is 0.342 e. The van der Waals surface area contributed by atoms with E-state index in [1.54, 1.807) is 13.0 Å². The molecule has 0 saturated carbocycles. The molecule has 0 aliphatic heterocycles. The molecular weight excluding hydrogens is 464 g/mol. The zero-order chi connectivity index (χ0) is 24.3. The Morgan fingerprint density at radius 1 is 1.30 bits per heavy atom. The Kier molecular flexibility index (Phi) is 7.80. The van der Waals surface area contributed by atoms with Gasteiger partial charge in [0.1, 0.15) is 10.2 Å². The van der Waals surface area contributed by atoms with Crippen molar-refractivity contribution in [2.75, 3.05) is 11.9 Å². The van der Waals surface area contributed by atoms with Crippen LogP contribution in [0.5, 0.6) is 0 Å². The summed E-state index contributed by atoms with van der Waals surface area (Å²) < 4.78 is 10.6. The van der Waals surface area contributed by atoms with Crippen LogP contribution in [0, 0.1) is 11.3 Å². The summed E-state index contributed by atoms with van der Waals surface area (Å²) in [5.41, 5.74) is 1.57. The molecule has 2 heterocycles. The smallest absolute Gasteiger partial charge is 0.342 e. The van der Waals surface area contributed by atoms with E-state index in [4.69, 9.17) is 21.1 Å². The van der Waals surface area contributed by atoms with Crippen molar-refractivity contribution in [2.24, 2.45) is 11.3 Å². The van der Waals surface area contributed by atoms with Crippen LogP contribution in [0.2, 0.25) is 5.15 Å². The van der Waals surface area contributed by atoms with Crippen LogP contribution in [0.1, 0.15) is 72.2 Å². The van der Waals surface area contributed by atoms with E-state index in [0.29, 0.717) is 16.5 Å². The van der Waals surface area contributed by atoms with Crippen LogP contribution in [0.25, 0.3) is 0 Å². The first kappa shape index (κ1) is 25.2. The molecule has 0 aromatic carbocycles. The number of amides is 1. The highest BCUT2D eigenvalue weighted by atomic mass is 35.5. The molecule has 0 bridgehead atoms. The summed E-state index contributed by atoms with van der Waals surface area (Å²) in [4.78, 5) is 42.9. The lowest BCUT2D eigenvalue weighted by molar-refractivity contribution is -0.123. The maximum absolute atomic E-state index is 12.9. The average Bonchev–Trinajstić information content (AvgIpc) is 3.10. The molecule has 2 unspecified atom stereocenters. The molecule has 0 spiro atoms. The molecule has 2 aromatic rings. The Labute approximate surface area is 202 Å². The SMILES string of the molecule is CCOC(=O)c1c(NC(=O)C(C)OC(=O)c2cccnc2Cl)sc2c1CCC(C(C)(C)C)C2. The van der Waals surface area contributed by atoms with Gasteiger partial charge in [0, 0.05) is 11.1 Å².